The first kappa shape index (κ1) is 20.4. The van der Waals surface area contributed by atoms with E-state index in [4.69, 9.17) is 4.74 Å². The number of sulfonamides is 1. The third kappa shape index (κ3) is 5.30. The van der Waals surface area contributed by atoms with E-state index in [1.165, 1.54) is 6.08 Å². The summed E-state index contributed by atoms with van der Waals surface area (Å²) in [7, 11) is -4.08. The molecule has 1 amide bonds. The van der Waals surface area contributed by atoms with Crippen LogP contribution < -0.4 is 14.4 Å². The van der Waals surface area contributed by atoms with Crippen LogP contribution >= 0.6 is 0 Å². The van der Waals surface area contributed by atoms with Gasteiger partial charge >= 0.3 is 0 Å². The lowest BCUT2D eigenvalue weighted by atomic mass is 10.3. The van der Waals surface area contributed by atoms with Gasteiger partial charge in [0.05, 0.1) is 17.2 Å². The average Bonchev–Trinajstić information content (AvgIpc) is 2.66. The van der Waals surface area contributed by atoms with E-state index in [1.807, 2.05) is 6.92 Å². The Hall–Kier alpha value is -2.87. The van der Waals surface area contributed by atoms with Crippen LogP contribution in [-0.2, 0) is 14.8 Å². The largest absolute Gasteiger partial charge is 0.494 e. The minimum Gasteiger partial charge on any atom is -0.494 e. The lowest BCUT2D eigenvalue weighted by molar-refractivity contribution is -0.119. The van der Waals surface area contributed by atoms with Crippen molar-refractivity contribution in [3.63, 3.8) is 0 Å². The predicted octanol–water partition coefficient (Wildman–Crippen LogP) is 2.72. The van der Waals surface area contributed by atoms with Gasteiger partial charge in [-0.25, -0.2) is 12.8 Å². The lowest BCUT2D eigenvalue weighted by Crippen LogP contribution is -2.40. The van der Waals surface area contributed by atoms with Crippen LogP contribution in [0.15, 0.2) is 66.1 Å². The molecule has 0 saturated heterocycles. The zero-order chi connectivity index (χ0) is 19.9. The summed E-state index contributed by atoms with van der Waals surface area (Å²) in [6, 6.07) is 10.8. The number of nitrogens with zero attached hydrogens (tertiary/aromatic N) is 1. The number of hydrogen-bond acceptors (Lipinski definition) is 4. The minimum atomic E-state index is -4.08. The van der Waals surface area contributed by atoms with Crippen molar-refractivity contribution < 1.29 is 22.3 Å². The Bertz CT molecular complexity index is 881. The molecule has 0 fully saturated rings. The number of anilines is 1. The molecule has 1 N–H and O–H groups in total. The van der Waals surface area contributed by atoms with Gasteiger partial charge in [0.25, 0.3) is 10.0 Å². The van der Waals surface area contributed by atoms with E-state index >= 15 is 0 Å². The number of carbonyl (C=O) groups is 1. The van der Waals surface area contributed by atoms with E-state index in [0.717, 1.165) is 28.6 Å². The number of hydrogen-bond donors (Lipinski definition) is 1. The van der Waals surface area contributed by atoms with Crippen LogP contribution in [0.2, 0.25) is 0 Å². The molecule has 0 aromatic heterocycles. The van der Waals surface area contributed by atoms with Gasteiger partial charge < -0.3 is 10.1 Å². The summed E-state index contributed by atoms with van der Waals surface area (Å²) < 4.78 is 45.6. The summed E-state index contributed by atoms with van der Waals surface area (Å²) in [5.74, 6) is -0.462. The predicted molar refractivity (Wildman–Crippen MR) is 102 cm³/mol. The zero-order valence-electron chi connectivity index (χ0n) is 14.9. The van der Waals surface area contributed by atoms with E-state index in [0.29, 0.717) is 12.4 Å². The van der Waals surface area contributed by atoms with Gasteiger partial charge in [-0.05, 0) is 55.5 Å². The van der Waals surface area contributed by atoms with Gasteiger partial charge in [-0.15, -0.1) is 6.58 Å². The van der Waals surface area contributed by atoms with Crippen molar-refractivity contribution in [1.82, 2.24) is 5.32 Å². The van der Waals surface area contributed by atoms with E-state index in [2.05, 4.69) is 11.9 Å². The molecular formula is C19H21FN2O4S. The Balaban J connectivity index is 2.40. The molecule has 0 radical (unpaired) electrons. The molecule has 2 aromatic rings. The van der Waals surface area contributed by atoms with Crippen molar-refractivity contribution >= 4 is 21.6 Å². The Kier molecular flexibility index (Phi) is 6.95. The molecule has 0 aliphatic heterocycles. The molecule has 0 heterocycles. The molecule has 0 atom stereocenters. The second-order valence-electron chi connectivity index (χ2n) is 5.49. The van der Waals surface area contributed by atoms with E-state index < -0.39 is 28.3 Å². The fourth-order valence-corrected chi connectivity index (χ4v) is 3.72. The zero-order valence-corrected chi connectivity index (χ0v) is 15.7. The summed E-state index contributed by atoms with van der Waals surface area (Å²) in [6.07, 6.45) is 1.49. The SMILES string of the molecule is C=CCNC(=O)CN(c1ccc(OCC)cc1)S(=O)(=O)c1ccc(F)cc1. The molecule has 27 heavy (non-hydrogen) atoms. The maximum Gasteiger partial charge on any atom is 0.264 e. The second kappa shape index (κ2) is 9.18. The van der Waals surface area contributed by atoms with Crippen molar-refractivity contribution in [1.29, 1.82) is 0 Å². The number of carbonyl (C=O) groups excluding carboxylic acids is 1. The molecule has 8 heteroatoms. The third-order valence-corrected chi connectivity index (χ3v) is 5.36. The lowest BCUT2D eigenvalue weighted by Gasteiger charge is -2.24. The molecule has 6 nitrogen and oxygen atoms in total. The van der Waals surface area contributed by atoms with Gasteiger partial charge in [0, 0.05) is 6.54 Å². The van der Waals surface area contributed by atoms with Crippen LogP contribution in [0.1, 0.15) is 6.92 Å². The fourth-order valence-electron chi connectivity index (χ4n) is 2.30. The number of nitrogens with one attached hydrogen (secondary N) is 1. The first-order chi connectivity index (χ1) is 12.9. The topological polar surface area (TPSA) is 75.7 Å². The summed E-state index contributed by atoms with van der Waals surface area (Å²) in [4.78, 5) is 12.0. The molecule has 0 spiro atoms. The summed E-state index contributed by atoms with van der Waals surface area (Å²) in [5, 5.41) is 2.55. The molecule has 144 valence electrons. The fraction of sp³-hybridized carbons (Fsp3) is 0.211. The molecule has 0 saturated carbocycles. The third-order valence-electron chi connectivity index (χ3n) is 3.57. The van der Waals surface area contributed by atoms with Crippen molar-refractivity contribution in [2.45, 2.75) is 11.8 Å². The molecule has 2 aromatic carbocycles. The highest BCUT2D eigenvalue weighted by Crippen LogP contribution is 2.26. The molecule has 0 aliphatic carbocycles. The van der Waals surface area contributed by atoms with Crippen LogP contribution in [0.3, 0.4) is 0 Å². The molecule has 0 bridgehead atoms. The van der Waals surface area contributed by atoms with Gasteiger partial charge in [-0.1, -0.05) is 6.08 Å². The van der Waals surface area contributed by atoms with Gasteiger partial charge in [-0.3, -0.25) is 9.10 Å². The van der Waals surface area contributed by atoms with Crippen molar-refractivity contribution in [2.24, 2.45) is 0 Å². The van der Waals surface area contributed by atoms with Gasteiger partial charge in [0.1, 0.15) is 18.1 Å². The summed E-state index contributed by atoms with van der Waals surface area (Å²) in [6.45, 7) is 5.60. The standard InChI is InChI=1S/C19H21FN2O4S/c1-3-13-21-19(23)14-22(16-7-9-17(10-8-16)26-4-2)27(24,25)18-11-5-15(20)6-12-18/h3,5-12H,1,4,13-14H2,2H3,(H,21,23). The van der Waals surface area contributed by atoms with Gasteiger partial charge in [-0.2, -0.15) is 0 Å². The Morgan fingerprint density at radius 1 is 1.19 bits per heavy atom. The number of halogens is 1. The molecule has 2 rings (SSSR count). The van der Waals surface area contributed by atoms with Crippen LogP contribution in [0, 0.1) is 5.82 Å². The highest BCUT2D eigenvalue weighted by molar-refractivity contribution is 7.92. The van der Waals surface area contributed by atoms with E-state index in [9.17, 15) is 17.6 Å². The Morgan fingerprint density at radius 3 is 2.37 bits per heavy atom. The molecular weight excluding hydrogens is 371 g/mol. The smallest absolute Gasteiger partial charge is 0.264 e. The van der Waals surface area contributed by atoms with Crippen molar-refractivity contribution in [2.75, 3.05) is 24.0 Å². The first-order valence-corrected chi connectivity index (χ1v) is 9.71. The second-order valence-corrected chi connectivity index (χ2v) is 7.35. The van der Waals surface area contributed by atoms with Crippen LogP contribution in [-0.4, -0.2) is 34.0 Å². The number of ether oxygens (including phenoxy) is 1. The number of rotatable bonds is 9. The number of benzene rings is 2. The number of amides is 1. The summed E-state index contributed by atoms with van der Waals surface area (Å²) >= 11 is 0. The monoisotopic (exact) mass is 392 g/mol. The molecule has 0 aliphatic rings. The van der Waals surface area contributed by atoms with Gasteiger partial charge in [0.15, 0.2) is 0 Å². The van der Waals surface area contributed by atoms with Gasteiger partial charge in [0.2, 0.25) is 5.91 Å². The average molecular weight is 392 g/mol. The highest BCUT2D eigenvalue weighted by atomic mass is 32.2. The van der Waals surface area contributed by atoms with E-state index in [1.54, 1.807) is 24.3 Å². The van der Waals surface area contributed by atoms with Crippen LogP contribution in [0.4, 0.5) is 10.1 Å². The minimum absolute atomic E-state index is 0.116. The van der Waals surface area contributed by atoms with Crippen molar-refractivity contribution in [3.8, 4) is 5.75 Å². The molecule has 0 unspecified atom stereocenters. The van der Waals surface area contributed by atoms with E-state index in [-0.39, 0.29) is 17.1 Å². The van der Waals surface area contributed by atoms with Crippen LogP contribution in [0.5, 0.6) is 5.75 Å². The maximum absolute atomic E-state index is 13.2. The normalized spacial score (nSPS) is 10.9. The Labute approximate surface area is 158 Å². The van der Waals surface area contributed by atoms with Crippen LogP contribution in [0.25, 0.3) is 0 Å². The maximum atomic E-state index is 13.2. The summed E-state index contributed by atoms with van der Waals surface area (Å²) in [5.41, 5.74) is 0.288. The quantitative estimate of drug-likeness (QED) is 0.666. The van der Waals surface area contributed by atoms with Crippen molar-refractivity contribution in [3.05, 3.63) is 67.0 Å². The Morgan fingerprint density at radius 2 is 1.81 bits per heavy atom. The first-order valence-electron chi connectivity index (χ1n) is 8.27. The highest BCUT2D eigenvalue weighted by Gasteiger charge is 2.27.